The van der Waals surface area contributed by atoms with Crippen molar-refractivity contribution in [1.82, 2.24) is 4.90 Å². The molecular formula is C31H32FNO5. The number of halogens is 1. The number of carbonyl (C=O) groups excluding carboxylic acids is 2. The second kappa shape index (κ2) is 10.1. The number of carbonyl (C=O) groups is 2. The molecule has 0 aromatic heterocycles. The lowest BCUT2D eigenvalue weighted by molar-refractivity contribution is -0.141. The molecule has 38 heavy (non-hydrogen) atoms. The van der Waals surface area contributed by atoms with E-state index in [4.69, 9.17) is 14.2 Å². The average Bonchev–Trinajstić information content (AvgIpc) is 3.49. The minimum atomic E-state index is -0.425. The molecular weight excluding hydrogens is 485 g/mol. The Morgan fingerprint density at radius 1 is 1.08 bits per heavy atom. The molecule has 0 radical (unpaired) electrons. The smallest absolute Gasteiger partial charge is 0.306 e. The molecule has 1 heterocycles. The van der Waals surface area contributed by atoms with Crippen molar-refractivity contribution in [3.8, 4) is 22.6 Å². The molecule has 1 amide bonds. The first-order valence-electron chi connectivity index (χ1n) is 12.8. The van der Waals surface area contributed by atoms with Crippen LogP contribution in [0, 0.1) is 19.7 Å². The van der Waals surface area contributed by atoms with Gasteiger partial charge in [0.2, 0.25) is 0 Å². The maximum Gasteiger partial charge on any atom is 0.306 e. The van der Waals surface area contributed by atoms with E-state index in [2.05, 4.69) is 0 Å². The van der Waals surface area contributed by atoms with E-state index in [9.17, 15) is 9.59 Å². The lowest BCUT2D eigenvalue weighted by Gasteiger charge is -2.19. The fourth-order valence-corrected chi connectivity index (χ4v) is 5.74. The Balaban J connectivity index is 1.43. The highest BCUT2D eigenvalue weighted by Gasteiger charge is 2.32. The van der Waals surface area contributed by atoms with Crippen molar-refractivity contribution in [2.24, 2.45) is 0 Å². The first-order chi connectivity index (χ1) is 18.2. The van der Waals surface area contributed by atoms with Crippen LogP contribution in [-0.4, -0.2) is 44.6 Å². The van der Waals surface area contributed by atoms with Gasteiger partial charge in [-0.1, -0.05) is 12.1 Å². The zero-order chi connectivity index (χ0) is 27.1. The zero-order valence-electron chi connectivity index (χ0n) is 22.4. The summed E-state index contributed by atoms with van der Waals surface area (Å²) in [7, 11) is 4.85. The summed E-state index contributed by atoms with van der Waals surface area (Å²) in [5.74, 6) is 0.633. The summed E-state index contributed by atoms with van der Waals surface area (Å²) in [5, 5.41) is 0. The summed E-state index contributed by atoms with van der Waals surface area (Å²) in [6, 6.07) is 12.7. The summed E-state index contributed by atoms with van der Waals surface area (Å²) in [6.07, 6.45) is 1.18. The van der Waals surface area contributed by atoms with Crippen molar-refractivity contribution in [2.75, 3.05) is 27.8 Å². The van der Waals surface area contributed by atoms with Crippen LogP contribution in [0.4, 0.5) is 4.39 Å². The van der Waals surface area contributed by atoms with Crippen molar-refractivity contribution in [3.63, 3.8) is 0 Å². The van der Waals surface area contributed by atoms with Gasteiger partial charge < -0.3 is 19.1 Å². The Kier molecular flexibility index (Phi) is 6.86. The number of nitrogens with zero attached hydrogens (tertiary/aromatic N) is 1. The van der Waals surface area contributed by atoms with E-state index in [0.717, 1.165) is 33.4 Å². The van der Waals surface area contributed by atoms with E-state index in [1.165, 1.54) is 13.2 Å². The van der Waals surface area contributed by atoms with E-state index in [-0.39, 0.29) is 30.0 Å². The summed E-state index contributed by atoms with van der Waals surface area (Å²) < 4.78 is 32.1. The van der Waals surface area contributed by atoms with Gasteiger partial charge in [0, 0.05) is 42.8 Å². The number of ether oxygens (including phenoxy) is 3. The quantitative estimate of drug-likeness (QED) is 0.380. The number of amides is 1. The van der Waals surface area contributed by atoms with Gasteiger partial charge >= 0.3 is 5.97 Å². The summed E-state index contributed by atoms with van der Waals surface area (Å²) in [6.45, 7) is 4.40. The van der Waals surface area contributed by atoms with Crippen LogP contribution in [0.25, 0.3) is 11.1 Å². The van der Waals surface area contributed by atoms with Crippen molar-refractivity contribution in [3.05, 3.63) is 81.7 Å². The SMILES string of the molecule is COC(=O)C[C@@H]1COc2cc(O[C@H]3CCc4c(-c5c(C)cc(C(=O)N(C)C)cc5C)ccc(F)c43)ccc21. The first kappa shape index (κ1) is 25.8. The molecule has 1 aliphatic carbocycles. The van der Waals surface area contributed by atoms with Crippen molar-refractivity contribution in [1.29, 1.82) is 0 Å². The first-order valence-corrected chi connectivity index (χ1v) is 12.8. The van der Waals surface area contributed by atoms with E-state index in [1.54, 1.807) is 19.0 Å². The van der Waals surface area contributed by atoms with E-state index >= 15 is 4.39 Å². The fraction of sp³-hybridized carbons (Fsp3) is 0.355. The molecule has 2 atom stereocenters. The van der Waals surface area contributed by atoms with E-state index in [1.807, 2.05) is 50.2 Å². The average molecular weight is 518 g/mol. The van der Waals surface area contributed by atoms with Gasteiger partial charge in [0.15, 0.2) is 0 Å². The van der Waals surface area contributed by atoms with Crippen molar-refractivity contribution >= 4 is 11.9 Å². The molecule has 7 heteroatoms. The third kappa shape index (κ3) is 4.62. The van der Waals surface area contributed by atoms with Gasteiger partial charge in [0.1, 0.15) is 23.4 Å². The summed E-state index contributed by atoms with van der Waals surface area (Å²) in [5.41, 5.74) is 7.08. The largest absolute Gasteiger partial charge is 0.492 e. The molecule has 0 saturated heterocycles. The van der Waals surface area contributed by atoms with Gasteiger partial charge in [-0.3, -0.25) is 9.59 Å². The normalized spacial score (nSPS) is 17.4. The number of aryl methyl sites for hydroxylation is 2. The van der Waals surface area contributed by atoms with Crippen molar-refractivity contribution < 1.29 is 28.2 Å². The molecule has 0 unspecified atom stereocenters. The standard InChI is InChI=1S/C31H32FNO5/c1-17-12-19(31(35)33(3)4)13-18(2)29(17)23-8-10-25(32)30-24(23)9-11-26(30)38-21-6-7-22-20(14-28(34)36-5)16-37-27(22)15-21/h6-8,10,12-13,15,20,26H,9,11,14,16H2,1-5H3/t20-,26+/m1/s1. The number of esters is 1. The van der Waals surface area contributed by atoms with Crippen LogP contribution >= 0.6 is 0 Å². The summed E-state index contributed by atoms with van der Waals surface area (Å²) in [4.78, 5) is 25.8. The third-order valence-electron chi connectivity index (χ3n) is 7.52. The number of rotatable bonds is 6. The highest BCUT2D eigenvalue weighted by Crippen LogP contribution is 2.45. The van der Waals surface area contributed by atoms with Crippen LogP contribution in [0.2, 0.25) is 0 Å². The Bertz CT molecular complexity index is 1410. The highest BCUT2D eigenvalue weighted by atomic mass is 19.1. The van der Waals surface area contributed by atoms with Gasteiger partial charge in [-0.2, -0.15) is 0 Å². The molecule has 0 spiro atoms. The van der Waals surface area contributed by atoms with Crippen LogP contribution < -0.4 is 9.47 Å². The second-order valence-corrected chi connectivity index (χ2v) is 10.3. The van der Waals surface area contributed by atoms with Gasteiger partial charge in [0.05, 0.1) is 20.1 Å². The molecule has 3 aromatic carbocycles. The fourth-order valence-electron chi connectivity index (χ4n) is 5.74. The van der Waals surface area contributed by atoms with E-state index in [0.29, 0.717) is 42.1 Å². The second-order valence-electron chi connectivity index (χ2n) is 10.3. The monoisotopic (exact) mass is 517 g/mol. The molecule has 198 valence electrons. The van der Waals surface area contributed by atoms with Crippen molar-refractivity contribution in [2.45, 2.75) is 45.1 Å². The Morgan fingerprint density at radius 3 is 2.50 bits per heavy atom. The van der Waals surface area contributed by atoms with Gasteiger partial charge in [-0.05, 0) is 78.8 Å². The molecule has 5 rings (SSSR count). The minimum Gasteiger partial charge on any atom is -0.492 e. The number of hydrogen-bond acceptors (Lipinski definition) is 5. The topological polar surface area (TPSA) is 65.1 Å². The van der Waals surface area contributed by atoms with Crippen LogP contribution in [0.5, 0.6) is 11.5 Å². The summed E-state index contributed by atoms with van der Waals surface area (Å²) >= 11 is 0. The minimum absolute atomic E-state index is 0.0458. The maximum atomic E-state index is 15.2. The zero-order valence-corrected chi connectivity index (χ0v) is 22.4. The number of methoxy groups -OCH3 is 1. The number of hydrogen-bond donors (Lipinski definition) is 0. The van der Waals surface area contributed by atoms with E-state index < -0.39 is 6.10 Å². The third-order valence-corrected chi connectivity index (χ3v) is 7.52. The predicted octanol–water partition coefficient (Wildman–Crippen LogP) is 5.92. The van der Waals surface area contributed by atoms with Gasteiger partial charge in [0.25, 0.3) is 5.91 Å². The molecule has 6 nitrogen and oxygen atoms in total. The Morgan fingerprint density at radius 2 is 1.82 bits per heavy atom. The number of benzene rings is 3. The molecule has 0 bridgehead atoms. The lowest BCUT2D eigenvalue weighted by Crippen LogP contribution is -2.22. The molecule has 0 saturated carbocycles. The van der Waals surface area contributed by atoms with Gasteiger partial charge in [-0.25, -0.2) is 4.39 Å². The molecule has 1 aliphatic heterocycles. The van der Waals surface area contributed by atoms with Crippen LogP contribution in [0.3, 0.4) is 0 Å². The molecule has 2 aliphatic rings. The predicted molar refractivity (Wildman–Crippen MR) is 142 cm³/mol. The lowest BCUT2D eigenvalue weighted by atomic mass is 9.89. The van der Waals surface area contributed by atoms with Crippen LogP contribution in [-0.2, 0) is 16.0 Å². The maximum absolute atomic E-state index is 15.2. The Hall–Kier alpha value is -3.87. The van der Waals surface area contributed by atoms with Crippen LogP contribution in [0.1, 0.15) is 63.0 Å². The molecule has 0 fully saturated rings. The number of fused-ring (bicyclic) bond motifs is 2. The molecule has 3 aromatic rings. The van der Waals surface area contributed by atoms with Crippen LogP contribution in [0.15, 0.2) is 42.5 Å². The molecule has 0 N–H and O–H groups in total. The van der Waals surface area contributed by atoms with Gasteiger partial charge in [-0.15, -0.1) is 0 Å². The Labute approximate surface area is 222 Å². The highest BCUT2D eigenvalue weighted by molar-refractivity contribution is 5.95.